The molecule has 4 rings (SSSR count). The number of amides is 1. The van der Waals surface area contributed by atoms with Gasteiger partial charge in [-0.1, -0.05) is 6.92 Å². The molecule has 0 spiro atoms. The molecule has 5 nitrogen and oxygen atoms in total. The molecule has 0 bridgehead atoms. The number of carbonyl (C=O) groups is 1. The summed E-state index contributed by atoms with van der Waals surface area (Å²) in [6.45, 7) is 4.69. The lowest BCUT2D eigenvalue weighted by atomic mass is 9.88. The van der Waals surface area contributed by atoms with Gasteiger partial charge in [-0.2, -0.15) is 0 Å². The Bertz CT molecular complexity index is 1020. The Labute approximate surface area is 168 Å². The monoisotopic (exact) mass is 395 g/mol. The van der Waals surface area contributed by atoms with Crippen molar-refractivity contribution in [3.63, 3.8) is 0 Å². The largest absolute Gasteiger partial charge is 0.494 e. The number of carbonyl (C=O) groups excluding carboxylic acids is 1. The minimum absolute atomic E-state index is 0.188. The highest BCUT2D eigenvalue weighted by molar-refractivity contribution is 7.21. The molecule has 0 unspecified atom stereocenters. The first-order chi connectivity index (χ1) is 13.6. The second-order valence-electron chi connectivity index (χ2n) is 7.01. The number of nitrogens with zero attached hydrogens (tertiary/aromatic N) is 1. The number of ether oxygens (including phenoxy) is 1. The van der Waals surface area contributed by atoms with Crippen LogP contribution in [0.15, 0.2) is 24.3 Å². The van der Waals surface area contributed by atoms with Crippen LogP contribution in [0.1, 0.15) is 53.2 Å². The van der Waals surface area contributed by atoms with Gasteiger partial charge in [0, 0.05) is 16.8 Å². The van der Waals surface area contributed by atoms with Gasteiger partial charge in [0.25, 0.3) is 5.91 Å². The zero-order valence-electron chi connectivity index (χ0n) is 16.3. The Morgan fingerprint density at radius 1 is 1.18 bits per heavy atom. The molecular weight excluding hydrogens is 370 g/mol. The van der Waals surface area contributed by atoms with E-state index in [-0.39, 0.29) is 5.91 Å². The molecule has 3 N–H and O–H groups in total. The first-order valence-electron chi connectivity index (χ1n) is 9.89. The van der Waals surface area contributed by atoms with Crippen LogP contribution in [0.2, 0.25) is 0 Å². The molecule has 0 atom stereocenters. The number of hydrogen-bond donors (Lipinski definition) is 2. The highest BCUT2D eigenvalue weighted by Gasteiger charge is 2.24. The lowest BCUT2D eigenvalue weighted by Gasteiger charge is -2.19. The molecule has 1 aliphatic rings. The van der Waals surface area contributed by atoms with Crippen LogP contribution in [0.3, 0.4) is 0 Å². The molecule has 1 aromatic carbocycles. The minimum Gasteiger partial charge on any atom is -0.494 e. The Balaban J connectivity index is 1.68. The fraction of sp³-hybridized carbons (Fsp3) is 0.364. The van der Waals surface area contributed by atoms with Crippen LogP contribution in [0.5, 0.6) is 5.75 Å². The normalized spacial score (nSPS) is 13.4. The van der Waals surface area contributed by atoms with Crippen molar-refractivity contribution in [2.45, 2.75) is 46.0 Å². The van der Waals surface area contributed by atoms with E-state index >= 15 is 0 Å². The van der Waals surface area contributed by atoms with E-state index < -0.39 is 0 Å². The summed E-state index contributed by atoms with van der Waals surface area (Å²) in [6, 6.07) is 7.36. The zero-order valence-corrected chi connectivity index (χ0v) is 17.1. The van der Waals surface area contributed by atoms with E-state index in [9.17, 15) is 4.79 Å². The second-order valence-corrected chi connectivity index (χ2v) is 8.01. The van der Waals surface area contributed by atoms with E-state index in [4.69, 9.17) is 15.5 Å². The molecule has 1 amide bonds. The number of anilines is 2. The third-order valence-electron chi connectivity index (χ3n) is 5.25. The van der Waals surface area contributed by atoms with Gasteiger partial charge in [0.2, 0.25) is 0 Å². The van der Waals surface area contributed by atoms with Gasteiger partial charge in [0.1, 0.15) is 15.5 Å². The summed E-state index contributed by atoms with van der Waals surface area (Å²) in [7, 11) is 0. The van der Waals surface area contributed by atoms with Gasteiger partial charge >= 0.3 is 0 Å². The summed E-state index contributed by atoms with van der Waals surface area (Å²) >= 11 is 1.39. The number of hydrogen-bond acceptors (Lipinski definition) is 5. The van der Waals surface area contributed by atoms with Gasteiger partial charge in [0.05, 0.1) is 12.3 Å². The van der Waals surface area contributed by atoms with Crippen molar-refractivity contribution in [1.82, 2.24) is 4.98 Å². The SMILES string of the molecule is CCOc1ccc(NC(=O)c2sc3nc(CC)c4c(c3c2N)CCCC4)cc1. The number of pyridine rings is 1. The van der Waals surface area contributed by atoms with Gasteiger partial charge in [-0.25, -0.2) is 4.98 Å². The van der Waals surface area contributed by atoms with E-state index in [1.54, 1.807) is 0 Å². The molecule has 0 aliphatic heterocycles. The van der Waals surface area contributed by atoms with Crippen LogP contribution in [-0.4, -0.2) is 17.5 Å². The molecule has 2 heterocycles. The van der Waals surface area contributed by atoms with Gasteiger partial charge in [-0.15, -0.1) is 11.3 Å². The molecule has 0 radical (unpaired) electrons. The quantitative estimate of drug-likeness (QED) is 0.639. The van der Waals surface area contributed by atoms with Crippen LogP contribution in [0, 0.1) is 0 Å². The summed E-state index contributed by atoms with van der Waals surface area (Å²) < 4.78 is 5.45. The van der Waals surface area contributed by atoms with Gasteiger partial charge < -0.3 is 15.8 Å². The average Bonchev–Trinajstić information content (AvgIpc) is 3.06. The van der Waals surface area contributed by atoms with Crippen molar-refractivity contribution in [3.05, 3.63) is 46.0 Å². The van der Waals surface area contributed by atoms with E-state index in [2.05, 4.69) is 12.2 Å². The summed E-state index contributed by atoms with van der Waals surface area (Å²) in [5, 5.41) is 3.94. The van der Waals surface area contributed by atoms with Crippen molar-refractivity contribution in [3.8, 4) is 5.75 Å². The maximum atomic E-state index is 12.9. The molecular formula is C22H25N3O2S. The van der Waals surface area contributed by atoms with Crippen LogP contribution in [-0.2, 0) is 19.3 Å². The highest BCUT2D eigenvalue weighted by Crippen LogP contribution is 2.40. The summed E-state index contributed by atoms with van der Waals surface area (Å²) in [5.41, 5.74) is 11.6. The van der Waals surface area contributed by atoms with Gasteiger partial charge in [-0.3, -0.25) is 4.79 Å². The first-order valence-corrected chi connectivity index (χ1v) is 10.7. The Morgan fingerprint density at radius 3 is 2.57 bits per heavy atom. The molecule has 6 heteroatoms. The first kappa shape index (κ1) is 18.7. The van der Waals surface area contributed by atoms with Crippen LogP contribution in [0.4, 0.5) is 11.4 Å². The summed E-state index contributed by atoms with van der Waals surface area (Å²) in [4.78, 5) is 19.2. The Kier molecular flexibility index (Phi) is 5.22. The van der Waals surface area contributed by atoms with E-state index in [1.807, 2.05) is 31.2 Å². The number of aryl methyl sites for hydroxylation is 2. The summed E-state index contributed by atoms with van der Waals surface area (Å²) in [6.07, 6.45) is 5.34. The van der Waals surface area contributed by atoms with Crippen molar-refractivity contribution < 1.29 is 9.53 Å². The number of aromatic nitrogens is 1. The maximum absolute atomic E-state index is 12.9. The number of fused-ring (bicyclic) bond motifs is 3. The minimum atomic E-state index is -0.188. The van der Waals surface area contributed by atoms with Crippen LogP contribution in [0.25, 0.3) is 10.2 Å². The third-order valence-corrected chi connectivity index (χ3v) is 6.34. The highest BCUT2D eigenvalue weighted by atomic mass is 32.1. The fourth-order valence-corrected chi connectivity index (χ4v) is 4.98. The predicted octanol–water partition coefficient (Wildman–Crippen LogP) is 4.97. The standard InChI is InChI=1S/C22H25N3O2S/c1-3-17-15-7-5-6-8-16(15)18-19(23)20(28-22(18)25-17)21(26)24-13-9-11-14(12-10-13)27-4-2/h9-12H,3-8,23H2,1-2H3,(H,24,26). The number of nitrogens with two attached hydrogens (primary N) is 1. The third kappa shape index (κ3) is 3.33. The van der Waals surface area contributed by atoms with Crippen LogP contribution < -0.4 is 15.8 Å². The van der Waals surface area contributed by atoms with Gasteiger partial charge in [0.15, 0.2) is 0 Å². The average molecular weight is 396 g/mol. The fourth-order valence-electron chi connectivity index (χ4n) is 3.94. The van der Waals surface area contributed by atoms with Crippen molar-refractivity contribution in [2.75, 3.05) is 17.7 Å². The molecule has 0 saturated carbocycles. The summed E-state index contributed by atoms with van der Waals surface area (Å²) in [5.74, 6) is 0.595. The Hall–Kier alpha value is -2.60. The predicted molar refractivity (Wildman–Crippen MR) is 116 cm³/mol. The number of rotatable bonds is 5. The smallest absolute Gasteiger partial charge is 0.267 e. The second kappa shape index (κ2) is 7.80. The molecule has 2 aromatic heterocycles. The lowest BCUT2D eigenvalue weighted by Crippen LogP contribution is -2.12. The topological polar surface area (TPSA) is 77.2 Å². The Morgan fingerprint density at radius 2 is 1.89 bits per heavy atom. The molecule has 0 fully saturated rings. The van der Waals surface area contributed by atoms with E-state index in [0.29, 0.717) is 17.2 Å². The van der Waals surface area contributed by atoms with Crippen molar-refractivity contribution in [2.24, 2.45) is 0 Å². The van der Waals surface area contributed by atoms with E-state index in [0.717, 1.165) is 53.0 Å². The maximum Gasteiger partial charge on any atom is 0.267 e. The number of benzene rings is 1. The molecule has 1 aliphatic carbocycles. The number of nitrogen functional groups attached to an aromatic ring is 1. The molecule has 0 saturated heterocycles. The van der Waals surface area contributed by atoms with Crippen LogP contribution >= 0.6 is 11.3 Å². The molecule has 28 heavy (non-hydrogen) atoms. The van der Waals surface area contributed by atoms with Crippen molar-refractivity contribution >= 4 is 38.8 Å². The lowest BCUT2D eigenvalue weighted by molar-refractivity contribution is 0.103. The zero-order chi connectivity index (χ0) is 19.7. The number of thiophene rings is 1. The molecule has 3 aromatic rings. The molecule has 146 valence electrons. The van der Waals surface area contributed by atoms with E-state index in [1.165, 1.54) is 28.9 Å². The van der Waals surface area contributed by atoms with Crippen molar-refractivity contribution in [1.29, 1.82) is 0 Å². The number of nitrogens with one attached hydrogen (secondary N) is 1. The van der Waals surface area contributed by atoms with Gasteiger partial charge in [-0.05, 0) is 74.4 Å².